The van der Waals surface area contributed by atoms with Crippen molar-refractivity contribution in [3.63, 3.8) is 0 Å². The van der Waals surface area contributed by atoms with Crippen LogP contribution in [-0.2, 0) is 9.59 Å². The SMILES string of the molecule is C[C@@H](NC(=O)[C@@H]1[C@@H]2CC[C@@H](C2)[C@@H]1C(=O)O)c1ccccc1. The van der Waals surface area contributed by atoms with Crippen LogP contribution < -0.4 is 5.32 Å². The number of rotatable bonds is 4. The zero-order chi connectivity index (χ0) is 15.0. The first-order valence-electron chi connectivity index (χ1n) is 7.66. The number of carboxylic acids is 1. The van der Waals surface area contributed by atoms with Crippen LogP contribution in [0.15, 0.2) is 30.3 Å². The molecule has 0 unspecified atom stereocenters. The largest absolute Gasteiger partial charge is 0.481 e. The summed E-state index contributed by atoms with van der Waals surface area (Å²) < 4.78 is 0. The van der Waals surface area contributed by atoms with E-state index in [0.29, 0.717) is 0 Å². The van der Waals surface area contributed by atoms with E-state index in [9.17, 15) is 14.7 Å². The van der Waals surface area contributed by atoms with Crippen LogP contribution in [0, 0.1) is 23.7 Å². The summed E-state index contributed by atoms with van der Waals surface area (Å²) in [4.78, 5) is 24.0. The van der Waals surface area contributed by atoms with Crippen molar-refractivity contribution in [1.29, 1.82) is 0 Å². The van der Waals surface area contributed by atoms with Gasteiger partial charge in [0, 0.05) is 0 Å². The highest BCUT2D eigenvalue weighted by Crippen LogP contribution is 2.52. The highest BCUT2D eigenvalue weighted by atomic mass is 16.4. The summed E-state index contributed by atoms with van der Waals surface area (Å²) in [6.07, 6.45) is 2.85. The average molecular weight is 287 g/mol. The monoisotopic (exact) mass is 287 g/mol. The van der Waals surface area contributed by atoms with Gasteiger partial charge in [0.15, 0.2) is 0 Å². The molecule has 1 amide bonds. The maximum absolute atomic E-state index is 12.6. The van der Waals surface area contributed by atoms with Gasteiger partial charge in [0.25, 0.3) is 0 Å². The Bertz CT molecular complexity index is 542. The lowest BCUT2D eigenvalue weighted by atomic mass is 9.78. The summed E-state index contributed by atoms with van der Waals surface area (Å²) in [6.45, 7) is 1.94. The maximum Gasteiger partial charge on any atom is 0.307 e. The molecule has 0 aliphatic heterocycles. The van der Waals surface area contributed by atoms with Crippen molar-refractivity contribution < 1.29 is 14.7 Å². The predicted octanol–water partition coefficient (Wildman–Crippen LogP) is 2.61. The normalized spacial score (nSPS) is 31.9. The minimum atomic E-state index is -0.810. The predicted molar refractivity (Wildman–Crippen MR) is 78.4 cm³/mol. The highest BCUT2D eigenvalue weighted by Gasteiger charge is 2.54. The van der Waals surface area contributed by atoms with Crippen LogP contribution in [0.5, 0.6) is 0 Å². The lowest BCUT2D eigenvalue weighted by Gasteiger charge is -2.28. The Morgan fingerprint density at radius 3 is 2.38 bits per heavy atom. The van der Waals surface area contributed by atoms with E-state index in [1.807, 2.05) is 37.3 Å². The van der Waals surface area contributed by atoms with Gasteiger partial charge in [-0.15, -0.1) is 0 Å². The van der Waals surface area contributed by atoms with Gasteiger partial charge in [-0.25, -0.2) is 0 Å². The molecule has 21 heavy (non-hydrogen) atoms. The number of hydrogen-bond acceptors (Lipinski definition) is 2. The number of carbonyl (C=O) groups excluding carboxylic acids is 1. The molecular weight excluding hydrogens is 266 g/mol. The zero-order valence-corrected chi connectivity index (χ0v) is 12.2. The lowest BCUT2D eigenvalue weighted by molar-refractivity contribution is -0.149. The van der Waals surface area contributed by atoms with Gasteiger partial charge >= 0.3 is 5.97 Å². The molecule has 5 atom stereocenters. The number of benzene rings is 1. The van der Waals surface area contributed by atoms with Gasteiger partial charge in [0.1, 0.15) is 0 Å². The summed E-state index contributed by atoms with van der Waals surface area (Å²) >= 11 is 0. The Balaban J connectivity index is 1.72. The van der Waals surface area contributed by atoms with Crippen molar-refractivity contribution in [2.45, 2.75) is 32.2 Å². The molecule has 3 rings (SSSR count). The van der Waals surface area contributed by atoms with Gasteiger partial charge in [0.05, 0.1) is 17.9 Å². The van der Waals surface area contributed by atoms with E-state index in [2.05, 4.69) is 5.32 Å². The number of nitrogens with one attached hydrogen (secondary N) is 1. The molecule has 2 bridgehead atoms. The molecule has 2 saturated carbocycles. The molecule has 2 fully saturated rings. The smallest absolute Gasteiger partial charge is 0.307 e. The van der Waals surface area contributed by atoms with E-state index in [1.54, 1.807) is 0 Å². The second-order valence-electron chi connectivity index (χ2n) is 6.36. The molecule has 2 aliphatic carbocycles. The van der Waals surface area contributed by atoms with Crippen molar-refractivity contribution in [1.82, 2.24) is 5.32 Å². The minimum Gasteiger partial charge on any atom is -0.481 e. The second kappa shape index (κ2) is 5.51. The summed E-state index contributed by atoms with van der Waals surface area (Å²) in [7, 11) is 0. The Morgan fingerprint density at radius 1 is 1.14 bits per heavy atom. The van der Waals surface area contributed by atoms with Gasteiger partial charge in [-0.2, -0.15) is 0 Å². The second-order valence-corrected chi connectivity index (χ2v) is 6.36. The molecule has 1 aromatic carbocycles. The van der Waals surface area contributed by atoms with Gasteiger partial charge < -0.3 is 10.4 Å². The summed E-state index contributed by atoms with van der Waals surface area (Å²) in [5.74, 6) is -1.31. The van der Waals surface area contributed by atoms with Crippen LogP contribution >= 0.6 is 0 Å². The topological polar surface area (TPSA) is 66.4 Å². The Labute approximate surface area is 124 Å². The number of hydrogen-bond donors (Lipinski definition) is 2. The van der Waals surface area contributed by atoms with Crippen LogP contribution in [0.3, 0.4) is 0 Å². The van der Waals surface area contributed by atoms with Crippen molar-refractivity contribution in [2.75, 3.05) is 0 Å². The number of carboxylic acid groups (broad SMARTS) is 1. The molecule has 0 saturated heterocycles. The van der Waals surface area contributed by atoms with E-state index in [1.165, 1.54) is 0 Å². The van der Waals surface area contributed by atoms with Crippen LogP contribution in [0.4, 0.5) is 0 Å². The van der Waals surface area contributed by atoms with Crippen LogP contribution in [0.1, 0.15) is 37.8 Å². The molecule has 2 aliphatic rings. The Hall–Kier alpha value is -1.84. The maximum atomic E-state index is 12.6. The molecule has 112 valence electrons. The molecule has 0 heterocycles. The van der Waals surface area contributed by atoms with Crippen molar-refractivity contribution in [2.24, 2.45) is 23.7 Å². The van der Waals surface area contributed by atoms with E-state index in [4.69, 9.17) is 0 Å². The fourth-order valence-corrected chi connectivity index (χ4v) is 4.16. The number of fused-ring (bicyclic) bond motifs is 2. The molecule has 0 radical (unpaired) electrons. The quantitative estimate of drug-likeness (QED) is 0.894. The number of carbonyl (C=O) groups is 2. The molecule has 1 aromatic rings. The first-order valence-corrected chi connectivity index (χ1v) is 7.66. The number of aliphatic carboxylic acids is 1. The summed E-state index contributed by atoms with van der Waals surface area (Å²) in [6, 6.07) is 9.67. The van der Waals surface area contributed by atoms with Gasteiger partial charge in [-0.05, 0) is 43.6 Å². The molecule has 2 N–H and O–H groups in total. The highest BCUT2D eigenvalue weighted by molar-refractivity contribution is 5.86. The third-order valence-corrected chi connectivity index (χ3v) is 5.16. The van der Waals surface area contributed by atoms with Crippen LogP contribution in [0.25, 0.3) is 0 Å². The zero-order valence-electron chi connectivity index (χ0n) is 12.2. The van der Waals surface area contributed by atoms with Crippen LogP contribution in [0.2, 0.25) is 0 Å². The van der Waals surface area contributed by atoms with Crippen molar-refractivity contribution >= 4 is 11.9 Å². The molecule has 4 heteroatoms. The molecule has 4 nitrogen and oxygen atoms in total. The van der Waals surface area contributed by atoms with Gasteiger partial charge in [-0.3, -0.25) is 9.59 Å². The fraction of sp³-hybridized carbons (Fsp3) is 0.529. The standard InChI is InChI=1S/C17H21NO3/c1-10(11-5-3-2-4-6-11)18-16(19)14-12-7-8-13(9-12)15(14)17(20)21/h2-6,10,12-15H,7-9H2,1H3,(H,18,19)(H,20,21)/t10-,12-,13+,14-,15+/m1/s1. The average Bonchev–Trinajstić information content (AvgIpc) is 3.08. The van der Waals surface area contributed by atoms with Crippen molar-refractivity contribution in [3.05, 3.63) is 35.9 Å². The van der Waals surface area contributed by atoms with Crippen LogP contribution in [-0.4, -0.2) is 17.0 Å². The Morgan fingerprint density at radius 2 is 1.76 bits per heavy atom. The first-order chi connectivity index (χ1) is 10.1. The van der Waals surface area contributed by atoms with Crippen molar-refractivity contribution in [3.8, 4) is 0 Å². The van der Waals surface area contributed by atoms with E-state index >= 15 is 0 Å². The fourth-order valence-electron chi connectivity index (χ4n) is 4.16. The summed E-state index contributed by atoms with van der Waals surface area (Å²) in [5, 5.41) is 12.4. The first kappa shape index (κ1) is 14.1. The summed E-state index contributed by atoms with van der Waals surface area (Å²) in [5.41, 5.74) is 1.04. The van der Waals surface area contributed by atoms with E-state index in [0.717, 1.165) is 24.8 Å². The molecular formula is C17H21NO3. The minimum absolute atomic E-state index is 0.0905. The Kier molecular flexibility index (Phi) is 3.70. The molecule has 0 spiro atoms. The number of amides is 1. The van der Waals surface area contributed by atoms with Gasteiger partial charge in [-0.1, -0.05) is 30.3 Å². The molecule has 0 aromatic heterocycles. The van der Waals surface area contributed by atoms with Gasteiger partial charge in [0.2, 0.25) is 5.91 Å². The van der Waals surface area contributed by atoms with E-state index < -0.39 is 11.9 Å². The third-order valence-electron chi connectivity index (χ3n) is 5.16. The van der Waals surface area contributed by atoms with E-state index in [-0.39, 0.29) is 29.7 Å². The third kappa shape index (κ3) is 2.55. The lowest BCUT2D eigenvalue weighted by Crippen LogP contribution is -2.42.